The molecule has 3 heteroatoms. The van der Waals surface area contributed by atoms with Gasteiger partial charge in [-0.3, -0.25) is 0 Å². The second-order valence-electron chi connectivity index (χ2n) is 3.90. The van der Waals surface area contributed by atoms with E-state index in [4.69, 9.17) is 0 Å². The Bertz CT molecular complexity index is 331. The van der Waals surface area contributed by atoms with Crippen molar-refractivity contribution >= 4 is 0 Å². The van der Waals surface area contributed by atoms with E-state index in [0.29, 0.717) is 6.42 Å². The minimum Gasteiger partial charge on any atom is -0.393 e. The Balaban J connectivity index is 2.33. The van der Waals surface area contributed by atoms with Crippen LogP contribution in [0.4, 0.5) is 8.78 Å². The Morgan fingerprint density at radius 1 is 1.29 bits per heavy atom. The first-order chi connectivity index (χ1) is 6.61. The number of rotatable bonds is 1. The van der Waals surface area contributed by atoms with Crippen LogP contribution in [0.25, 0.3) is 0 Å². The Morgan fingerprint density at radius 3 is 2.29 bits per heavy atom. The quantitative estimate of drug-likeness (QED) is 0.734. The Labute approximate surface area is 81.4 Å². The fourth-order valence-electron chi connectivity index (χ4n) is 2.01. The van der Waals surface area contributed by atoms with Crippen molar-refractivity contribution in [3.63, 3.8) is 0 Å². The topological polar surface area (TPSA) is 20.2 Å². The molecule has 1 aliphatic carbocycles. The van der Waals surface area contributed by atoms with E-state index in [1.807, 2.05) is 6.92 Å². The van der Waals surface area contributed by atoms with Gasteiger partial charge in [-0.05, 0) is 30.4 Å². The first-order valence-corrected chi connectivity index (χ1v) is 4.73. The molecule has 76 valence electrons. The van der Waals surface area contributed by atoms with Gasteiger partial charge in [0.1, 0.15) is 11.6 Å². The van der Waals surface area contributed by atoms with Gasteiger partial charge in [-0.25, -0.2) is 8.78 Å². The zero-order valence-corrected chi connectivity index (χ0v) is 7.87. The van der Waals surface area contributed by atoms with E-state index < -0.39 is 17.7 Å². The van der Waals surface area contributed by atoms with Gasteiger partial charge in [0.05, 0.1) is 6.10 Å². The van der Waals surface area contributed by atoms with Gasteiger partial charge < -0.3 is 5.11 Å². The maximum Gasteiger partial charge on any atom is 0.129 e. The molecule has 1 N–H and O–H groups in total. The first-order valence-electron chi connectivity index (χ1n) is 4.73. The fourth-order valence-corrected chi connectivity index (χ4v) is 2.01. The van der Waals surface area contributed by atoms with E-state index in [9.17, 15) is 13.9 Å². The molecule has 0 radical (unpaired) electrons. The van der Waals surface area contributed by atoms with Crippen molar-refractivity contribution in [3.8, 4) is 0 Å². The Kier molecular flexibility index (Phi) is 2.27. The molecular weight excluding hydrogens is 186 g/mol. The lowest BCUT2D eigenvalue weighted by molar-refractivity contribution is 0.00935. The molecule has 2 rings (SSSR count). The Morgan fingerprint density at radius 2 is 1.86 bits per heavy atom. The van der Waals surface area contributed by atoms with E-state index in [1.165, 1.54) is 18.2 Å². The molecule has 0 amide bonds. The van der Waals surface area contributed by atoms with Crippen LogP contribution in [-0.4, -0.2) is 11.2 Å². The zero-order chi connectivity index (χ0) is 10.3. The van der Waals surface area contributed by atoms with Crippen LogP contribution in [0.3, 0.4) is 0 Å². The van der Waals surface area contributed by atoms with Crippen LogP contribution in [0.1, 0.15) is 24.8 Å². The summed E-state index contributed by atoms with van der Waals surface area (Å²) in [5.41, 5.74) is 0.130. The lowest BCUT2D eigenvalue weighted by Crippen LogP contribution is -2.38. The highest BCUT2D eigenvalue weighted by atomic mass is 19.1. The van der Waals surface area contributed by atoms with Crippen LogP contribution in [0, 0.1) is 17.6 Å². The van der Waals surface area contributed by atoms with Gasteiger partial charge in [0, 0.05) is 5.56 Å². The monoisotopic (exact) mass is 198 g/mol. The summed E-state index contributed by atoms with van der Waals surface area (Å²) in [6, 6.07) is 3.87. The summed E-state index contributed by atoms with van der Waals surface area (Å²) in [6.07, 6.45) is 0.0398. The molecule has 1 nitrogen and oxygen atoms in total. The minimum atomic E-state index is -0.506. The zero-order valence-electron chi connectivity index (χ0n) is 7.87. The molecule has 1 aromatic carbocycles. The van der Waals surface area contributed by atoms with Crippen molar-refractivity contribution in [1.29, 1.82) is 0 Å². The van der Waals surface area contributed by atoms with Crippen LogP contribution in [0.5, 0.6) is 0 Å². The molecular formula is C11H12F2O. The van der Waals surface area contributed by atoms with Crippen LogP contribution in [0.2, 0.25) is 0 Å². The highest BCUT2D eigenvalue weighted by molar-refractivity contribution is 5.27. The van der Waals surface area contributed by atoms with Gasteiger partial charge in [-0.1, -0.05) is 13.0 Å². The van der Waals surface area contributed by atoms with Crippen molar-refractivity contribution in [2.45, 2.75) is 25.4 Å². The molecule has 1 fully saturated rings. The van der Waals surface area contributed by atoms with E-state index in [1.54, 1.807) is 0 Å². The van der Waals surface area contributed by atoms with Gasteiger partial charge in [-0.15, -0.1) is 0 Å². The van der Waals surface area contributed by atoms with E-state index in [0.717, 1.165) is 0 Å². The normalized spacial score (nSPS) is 31.3. The molecule has 14 heavy (non-hydrogen) atoms. The maximum atomic E-state index is 13.3. The third-order valence-corrected chi connectivity index (χ3v) is 3.11. The lowest BCUT2D eigenvalue weighted by atomic mass is 9.68. The maximum absolute atomic E-state index is 13.3. The summed E-state index contributed by atoms with van der Waals surface area (Å²) in [5, 5.41) is 9.29. The number of hydrogen-bond acceptors (Lipinski definition) is 1. The molecule has 3 atom stereocenters. The van der Waals surface area contributed by atoms with Crippen LogP contribution in [0.15, 0.2) is 18.2 Å². The summed E-state index contributed by atoms with van der Waals surface area (Å²) in [4.78, 5) is 0. The van der Waals surface area contributed by atoms with Crippen molar-refractivity contribution < 1.29 is 13.9 Å². The highest BCUT2D eigenvalue weighted by Crippen LogP contribution is 2.44. The molecule has 0 saturated heterocycles. The van der Waals surface area contributed by atoms with Gasteiger partial charge in [0.15, 0.2) is 0 Å². The molecule has 0 bridgehead atoms. The van der Waals surface area contributed by atoms with Crippen LogP contribution < -0.4 is 0 Å². The summed E-state index contributed by atoms with van der Waals surface area (Å²) >= 11 is 0. The largest absolute Gasteiger partial charge is 0.393 e. The van der Waals surface area contributed by atoms with Crippen molar-refractivity contribution in [2.24, 2.45) is 5.92 Å². The number of halogens is 2. The molecule has 0 aromatic heterocycles. The predicted octanol–water partition coefficient (Wildman–Crippen LogP) is 2.45. The van der Waals surface area contributed by atoms with Crippen molar-refractivity contribution in [1.82, 2.24) is 0 Å². The number of hydrogen-bond donors (Lipinski definition) is 1. The van der Waals surface area contributed by atoms with E-state index in [-0.39, 0.29) is 17.4 Å². The average Bonchev–Trinajstić information content (AvgIpc) is 2.16. The number of aliphatic hydroxyl groups is 1. The van der Waals surface area contributed by atoms with Crippen molar-refractivity contribution in [3.05, 3.63) is 35.4 Å². The minimum absolute atomic E-state index is 0.0543. The summed E-state index contributed by atoms with van der Waals surface area (Å²) in [5.74, 6) is -1.24. The van der Waals surface area contributed by atoms with Gasteiger partial charge in [0.2, 0.25) is 0 Å². The molecule has 1 aliphatic rings. The van der Waals surface area contributed by atoms with Crippen LogP contribution >= 0.6 is 0 Å². The van der Waals surface area contributed by atoms with Crippen LogP contribution in [-0.2, 0) is 0 Å². The van der Waals surface area contributed by atoms with E-state index in [2.05, 4.69) is 0 Å². The second-order valence-corrected chi connectivity index (χ2v) is 3.90. The third kappa shape index (κ3) is 1.32. The van der Waals surface area contributed by atoms with E-state index >= 15 is 0 Å². The molecule has 0 spiro atoms. The number of benzene rings is 1. The highest BCUT2D eigenvalue weighted by Gasteiger charge is 2.39. The first kappa shape index (κ1) is 9.59. The molecule has 1 saturated carbocycles. The summed E-state index contributed by atoms with van der Waals surface area (Å²) < 4.78 is 26.6. The standard InChI is InChI=1S/C11H12F2O/c1-6-7(5-10(6)14)11-8(12)3-2-4-9(11)13/h2-4,6-7,10,14H,5H2,1H3. The van der Waals surface area contributed by atoms with Gasteiger partial charge >= 0.3 is 0 Å². The third-order valence-electron chi connectivity index (χ3n) is 3.11. The smallest absolute Gasteiger partial charge is 0.129 e. The van der Waals surface area contributed by atoms with Crippen molar-refractivity contribution in [2.75, 3.05) is 0 Å². The summed E-state index contributed by atoms with van der Waals surface area (Å²) in [7, 11) is 0. The molecule has 3 unspecified atom stereocenters. The van der Waals surface area contributed by atoms with Gasteiger partial charge in [-0.2, -0.15) is 0 Å². The SMILES string of the molecule is CC1C(O)CC1c1c(F)cccc1F. The molecule has 0 heterocycles. The predicted molar refractivity (Wildman–Crippen MR) is 48.9 cm³/mol. The number of aliphatic hydroxyl groups excluding tert-OH is 1. The average molecular weight is 198 g/mol. The summed E-state index contributed by atoms with van der Waals surface area (Å²) in [6.45, 7) is 1.81. The Hall–Kier alpha value is -0.960. The second kappa shape index (κ2) is 3.31. The van der Waals surface area contributed by atoms with Gasteiger partial charge in [0.25, 0.3) is 0 Å². The molecule has 1 aromatic rings. The lowest BCUT2D eigenvalue weighted by Gasteiger charge is -2.39. The fraction of sp³-hybridized carbons (Fsp3) is 0.455. The molecule has 0 aliphatic heterocycles.